The van der Waals surface area contributed by atoms with Crippen LogP contribution in [0.15, 0.2) is 18.2 Å². The molecule has 29 heavy (non-hydrogen) atoms. The molecule has 0 unspecified atom stereocenters. The summed E-state index contributed by atoms with van der Waals surface area (Å²) in [7, 11) is 0. The van der Waals surface area contributed by atoms with E-state index in [4.69, 9.17) is 21.1 Å². The summed E-state index contributed by atoms with van der Waals surface area (Å²) in [6, 6.07) is 5.18. The maximum absolute atomic E-state index is 13.3. The second kappa shape index (κ2) is 10.6. The Morgan fingerprint density at radius 3 is 1.97 bits per heavy atom. The molecule has 4 heteroatoms. The molecular weight excluding hydrogens is 387 g/mol. The Balaban J connectivity index is 1.12. The molecule has 1 saturated heterocycles. The first-order valence-electron chi connectivity index (χ1n) is 11.8. The number of aryl methyl sites for hydroxylation is 1. The Labute approximate surface area is 180 Å². The van der Waals surface area contributed by atoms with E-state index < -0.39 is 0 Å². The lowest BCUT2D eigenvalue weighted by Crippen LogP contribution is -2.26. The number of rotatable bonds is 7. The summed E-state index contributed by atoms with van der Waals surface area (Å²) >= 11 is 5.92. The summed E-state index contributed by atoms with van der Waals surface area (Å²) < 4.78 is 24.5. The molecule has 0 aromatic heterocycles. The van der Waals surface area contributed by atoms with Gasteiger partial charge in [0.1, 0.15) is 5.82 Å². The second-order valence-corrected chi connectivity index (χ2v) is 10.0. The van der Waals surface area contributed by atoms with Gasteiger partial charge in [0.25, 0.3) is 0 Å². The van der Waals surface area contributed by atoms with Gasteiger partial charge in [-0.3, -0.25) is 0 Å². The fraction of sp³-hybridized carbons (Fsp3) is 0.760. The lowest BCUT2D eigenvalue weighted by Gasteiger charge is -2.38. The van der Waals surface area contributed by atoms with Crippen molar-refractivity contribution in [2.24, 2.45) is 23.7 Å². The van der Waals surface area contributed by atoms with Crippen LogP contribution in [0.2, 0.25) is 5.02 Å². The van der Waals surface area contributed by atoms with Crippen molar-refractivity contribution in [2.45, 2.75) is 83.3 Å². The third kappa shape index (κ3) is 6.18. The average Bonchev–Trinajstić information content (AvgIpc) is 3.28. The molecule has 162 valence electrons. The van der Waals surface area contributed by atoms with Crippen molar-refractivity contribution in [1.29, 1.82) is 0 Å². The molecule has 3 aliphatic rings. The number of hydrogen-bond donors (Lipinski definition) is 0. The number of hydrogen-bond acceptors (Lipinski definition) is 2. The second-order valence-electron chi connectivity index (χ2n) is 9.60. The first-order valence-corrected chi connectivity index (χ1v) is 12.2. The van der Waals surface area contributed by atoms with Gasteiger partial charge in [-0.15, -0.1) is 0 Å². The van der Waals surface area contributed by atoms with Crippen LogP contribution < -0.4 is 0 Å². The molecule has 4 rings (SSSR count). The van der Waals surface area contributed by atoms with Crippen molar-refractivity contribution in [2.75, 3.05) is 13.2 Å². The molecule has 1 aromatic rings. The van der Waals surface area contributed by atoms with Crippen molar-refractivity contribution >= 4 is 11.6 Å². The van der Waals surface area contributed by atoms with Gasteiger partial charge in [-0.2, -0.15) is 0 Å². The van der Waals surface area contributed by atoms with Gasteiger partial charge in [0, 0.05) is 0 Å². The molecule has 0 amide bonds. The van der Waals surface area contributed by atoms with Crippen LogP contribution in [-0.4, -0.2) is 19.5 Å². The fourth-order valence-corrected chi connectivity index (χ4v) is 6.11. The minimum Gasteiger partial charge on any atom is -0.350 e. The Morgan fingerprint density at radius 1 is 0.793 bits per heavy atom. The molecule has 0 N–H and O–H groups in total. The van der Waals surface area contributed by atoms with E-state index in [-0.39, 0.29) is 17.1 Å². The van der Waals surface area contributed by atoms with Gasteiger partial charge in [-0.05, 0) is 92.7 Å². The van der Waals surface area contributed by atoms with Crippen LogP contribution in [0.3, 0.4) is 0 Å². The summed E-state index contributed by atoms with van der Waals surface area (Å²) in [5, 5.41) is 0.255. The van der Waals surface area contributed by atoms with E-state index in [2.05, 4.69) is 0 Å². The summed E-state index contributed by atoms with van der Waals surface area (Å²) in [6.45, 7) is 1.55. The zero-order valence-corrected chi connectivity index (χ0v) is 18.3. The highest BCUT2D eigenvalue weighted by atomic mass is 35.5. The van der Waals surface area contributed by atoms with Crippen LogP contribution in [-0.2, 0) is 15.9 Å². The largest absolute Gasteiger partial charge is 0.350 e. The van der Waals surface area contributed by atoms with Crippen LogP contribution in [0.1, 0.15) is 76.2 Å². The molecule has 1 heterocycles. The zero-order chi connectivity index (χ0) is 20.1. The van der Waals surface area contributed by atoms with E-state index in [1.165, 1.54) is 75.8 Å². The van der Waals surface area contributed by atoms with Crippen LogP contribution in [0, 0.1) is 29.5 Å². The quantitative estimate of drug-likeness (QED) is 0.463. The maximum Gasteiger partial charge on any atom is 0.157 e. The smallest absolute Gasteiger partial charge is 0.157 e. The summed E-state index contributed by atoms with van der Waals surface area (Å²) in [5.41, 5.74) is 1.17. The van der Waals surface area contributed by atoms with Gasteiger partial charge in [0.2, 0.25) is 0 Å². The van der Waals surface area contributed by atoms with Gasteiger partial charge >= 0.3 is 0 Å². The predicted octanol–water partition coefficient (Wildman–Crippen LogP) is 7.18. The lowest BCUT2D eigenvalue weighted by molar-refractivity contribution is -0.0514. The first-order chi connectivity index (χ1) is 14.2. The van der Waals surface area contributed by atoms with E-state index in [0.717, 1.165) is 49.7 Å². The Hall–Kier alpha value is -0.640. The van der Waals surface area contributed by atoms with Crippen LogP contribution in [0.4, 0.5) is 4.39 Å². The van der Waals surface area contributed by atoms with Crippen molar-refractivity contribution in [3.8, 4) is 0 Å². The molecule has 3 fully saturated rings. The van der Waals surface area contributed by atoms with E-state index in [1.54, 1.807) is 6.07 Å². The van der Waals surface area contributed by atoms with E-state index >= 15 is 0 Å². The third-order valence-electron chi connectivity index (χ3n) is 7.78. The standard InChI is InChI=1S/C25H36ClFO2/c26-23-17-20(7-13-24(23)27)2-1-18-3-9-21(10-4-18)22-11-5-19(6-12-22)8-14-25-28-15-16-29-25/h7,13,17-19,21-22,25H,1-6,8-12,14-16H2/t18?,19-,21?,22-. The first kappa shape index (κ1) is 21.6. The monoisotopic (exact) mass is 422 g/mol. The molecule has 1 aliphatic heterocycles. The summed E-state index contributed by atoms with van der Waals surface area (Å²) in [6.07, 6.45) is 15.9. The molecule has 1 aromatic carbocycles. The SMILES string of the molecule is Fc1ccc(CCC2CCC([C@H]3CC[C@H](CCC4OCCO4)CC3)CC2)cc1Cl. The van der Waals surface area contributed by atoms with E-state index in [9.17, 15) is 4.39 Å². The molecule has 2 nitrogen and oxygen atoms in total. The van der Waals surface area contributed by atoms with Gasteiger partial charge in [0.05, 0.1) is 18.2 Å². The maximum atomic E-state index is 13.3. The zero-order valence-electron chi connectivity index (χ0n) is 17.6. The average molecular weight is 423 g/mol. The molecule has 0 bridgehead atoms. The molecule has 0 atom stereocenters. The molecule has 2 saturated carbocycles. The molecule has 2 aliphatic carbocycles. The predicted molar refractivity (Wildman–Crippen MR) is 116 cm³/mol. The van der Waals surface area contributed by atoms with Crippen LogP contribution in [0.5, 0.6) is 0 Å². The van der Waals surface area contributed by atoms with Crippen molar-refractivity contribution in [3.63, 3.8) is 0 Å². The van der Waals surface area contributed by atoms with Gasteiger partial charge in [-0.25, -0.2) is 4.39 Å². The van der Waals surface area contributed by atoms with Gasteiger partial charge in [-0.1, -0.05) is 43.4 Å². The molecule has 0 radical (unpaired) electrons. The van der Waals surface area contributed by atoms with Crippen LogP contribution in [0.25, 0.3) is 0 Å². The van der Waals surface area contributed by atoms with E-state index in [0.29, 0.717) is 0 Å². The highest BCUT2D eigenvalue weighted by molar-refractivity contribution is 6.30. The van der Waals surface area contributed by atoms with Gasteiger partial charge < -0.3 is 9.47 Å². The Kier molecular flexibility index (Phi) is 7.89. The summed E-state index contributed by atoms with van der Waals surface area (Å²) in [5.74, 6) is 3.32. The van der Waals surface area contributed by atoms with Crippen molar-refractivity contribution in [3.05, 3.63) is 34.6 Å². The lowest BCUT2D eigenvalue weighted by atomic mass is 9.68. The third-order valence-corrected chi connectivity index (χ3v) is 8.07. The minimum absolute atomic E-state index is 0.0777. The van der Waals surface area contributed by atoms with Crippen LogP contribution >= 0.6 is 11.6 Å². The Morgan fingerprint density at radius 2 is 1.38 bits per heavy atom. The molecular formula is C25H36ClFO2. The normalized spacial score (nSPS) is 31.2. The summed E-state index contributed by atoms with van der Waals surface area (Å²) in [4.78, 5) is 0. The molecule has 0 spiro atoms. The number of benzene rings is 1. The van der Waals surface area contributed by atoms with Gasteiger partial charge in [0.15, 0.2) is 6.29 Å². The minimum atomic E-state index is -0.314. The van der Waals surface area contributed by atoms with E-state index in [1.807, 2.05) is 6.07 Å². The highest BCUT2D eigenvalue weighted by Gasteiger charge is 2.31. The van der Waals surface area contributed by atoms with Crippen molar-refractivity contribution < 1.29 is 13.9 Å². The number of halogens is 2. The fourth-order valence-electron chi connectivity index (χ4n) is 5.91. The number of ether oxygens (including phenoxy) is 2. The topological polar surface area (TPSA) is 18.5 Å². The Bertz CT molecular complexity index is 630. The highest BCUT2D eigenvalue weighted by Crippen LogP contribution is 2.43. The van der Waals surface area contributed by atoms with Crippen molar-refractivity contribution in [1.82, 2.24) is 0 Å².